The summed E-state index contributed by atoms with van der Waals surface area (Å²) < 4.78 is 52.3. The van der Waals surface area contributed by atoms with Crippen LogP contribution >= 0.6 is 30.8 Å². The van der Waals surface area contributed by atoms with Crippen molar-refractivity contribution in [1.29, 1.82) is 0 Å². The smallest absolute Gasteiger partial charge is 0.345 e. The van der Waals surface area contributed by atoms with E-state index >= 15 is 0 Å². The number of fused-ring (bicyclic) bond motifs is 1. The molecule has 1 aliphatic heterocycles. The molecular weight excluding hydrogens is 578 g/mol. The van der Waals surface area contributed by atoms with Crippen molar-refractivity contribution in [1.82, 2.24) is 14.5 Å². The summed E-state index contributed by atoms with van der Waals surface area (Å²) in [5.74, 6) is 0.874. The van der Waals surface area contributed by atoms with Crippen molar-refractivity contribution in [3.63, 3.8) is 0 Å². The maximum atomic E-state index is 13.5. The number of nitrogens with zero attached hydrogens (tertiary/aromatic N) is 4. The van der Waals surface area contributed by atoms with Crippen LogP contribution in [0.25, 0.3) is 16.7 Å². The Hall–Kier alpha value is -2.70. The molecule has 0 aliphatic carbocycles. The molecule has 15 heteroatoms. The standard InChI is InChI=1S/C23H21Cl2N4O7PS/c24-16-8-17(25)10-20(9-16)38(33,34)29(14-37(30,31)32)18-1-2-21-15(7-18)3-5-28(21)22-11-27-23(12-26-22)36-19-4-6-35-13-19/h1-3,5,7-12,19H,4,6,13-14H2,(H2,30,31,32)/t19-/m0/s1. The van der Waals surface area contributed by atoms with Crippen molar-refractivity contribution in [3.05, 3.63) is 71.1 Å². The molecule has 0 radical (unpaired) electrons. The van der Waals surface area contributed by atoms with Gasteiger partial charge in [0.15, 0.2) is 5.82 Å². The number of hydrogen-bond donors (Lipinski definition) is 2. The van der Waals surface area contributed by atoms with Crippen LogP contribution in [-0.2, 0) is 19.3 Å². The highest BCUT2D eigenvalue weighted by molar-refractivity contribution is 7.93. The zero-order valence-corrected chi connectivity index (χ0v) is 22.7. The van der Waals surface area contributed by atoms with Gasteiger partial charge in [-0.1, -0.05) is 23.2 Å². The average molecular weight is 599 g/mol. The second-order valence-electron chi connectivity index (χ2n) is 8.51. The van der Waals surface area contributed by atoms with Gasteiger partial charge >= 0.3 is 7.60 Å². The molecule has 1 atom stereocenters. The minimum absolute atomic E-state index is 0.0447. The van der Waals surface area contributed by atoms with Crippen molar-refractivity contribution in [3.8, 4) is 11.7 Å². The summed E-state index contributed by atoms with van der Waals surface area (Å²) >= 11 is 12.0. The van der Waals surface area contributed by atoms with E-state index < -0.39 is 23.9 Å². The van der Waals surface area contributed by atoms with Gasteiger partial charge < -0.3 is 19.3 Å². The number of hydrogen-bond acceptors (Lipinski definition) is 7. The first-order chi connectivity index (χ1) is 18.0. The van der Waals surface area contributed by atoms with Gasteiger partial charge in [0.1, 0.15) is 12.4 Å². The first-order valence-corrected chi connectivity index (χ1v) is 15.2. The van der Waals surface area contributed by atoms with E-state index in [0.717, 1.165) is 18.6 Å². The number of halogens is 2. The predicted octanol–water partition coefficient (Wildman–Crippen LogP) is 4.23. The molecule has 38 heavy (non-hydrogen) atoms. The molecule has 1 aliphatic rings. The monoisotopic (exact) mass is 598 g/mol. The highest BCUT2D eigenvalue weighted by atomic mass is 35.5. The largest absolute Gasteiger partial charge is 0.471 e. The van der Waals surface area contributed by atoms with Gasteiger partial charge in [-0.3, -0.25) is 13.4 Å². The molecular formula is C23H21Cl2N4O7PS. The normalized spacial score (nSPS) is 16.2. The molecule has 0 amide bonds. The summed E-state index contributed by atoms with van der Waals surface area (Å²) in [6.45, 7) is 1.15. The molecule has 4 aromatic rings. The minimum atomic E-state index is -4.81. The van der Waals surface area contributed by atoms with Gasteiger partial charge in [0, 0.05) is 28.0 Å². The second kappa shape index (κ2) is 10.5. The topological polar surface area (TPSA) is 144 Å². The fraction of sp³-hybridized carbons (Fsp3) is 0.217. The lowest BCUT2D eigenvalue weighted by atomic mass is 10.2. The summed E-state index contributed by atoms with van der Waals surface area (Å²) in [6, 6.07) is 9.99. The van der Waals surface area contributed by atoms with Gasteiger partial charge in [0.05, 0.1) is 41.7 Å². The van der Waals surface area contributed by atoms with Crippen LogP contribution < -0.4 is 9.04 Å². The maximum absolute atomic E-state index is 13.5. The van der Waals surface area contributed by atoms with Crippen molar-refractivity contribution >= 4 is 57.4 Å². The lowest BCUT2D eigenvalue weighted by Gasteiger charge is -2.25. The number of benzene rings is 2. The van der Waals surface area contributed by atoms with E-state index in [1.165, 1.54) is 24.4 Å². The molecule has 1 saturated heterocycles. The van der Waals surface area contributed by atoms with E-state index in [0.29, 0.717) is 40.1 Å². The van der Waals surface area contributed by atoms with Crippen molar-refractivity contribution < 1.29 is 32.2 Å². The van der Waals surface area contributed by atoms with Crippen LogP contribution in [0.15, 0.2) is 66.0 Å². The van der Waals surface area contributed by atoms with Crippen LogP contribution in [0, 0.1) is 0 Å². The van der Waals surface area contributed by atoms with E-state index in [9.17, 15) is 22.8 Å². The van der Waals surface area contributed by atoms with E-state index in [-0.39, 0.29) is 26.7 Å². The van der Waals surface area contributed by atoms with Crippen LogP contribution in [0.2, 0.25) is 10.0 Å². The Balaban J connectivity index is 1.49. The van der Waals surface area contributed by atoms with Crippen LogP contribution in [0.1, 0.15) is 6.42 Å². The van der Waals surface area contributed by atoms with Gasteiger partial charge in [0.2, 0.25) is 5.88 Å². The van der Waals surface area contributed by atoms with Crippen molar-refractivity contribution in [2.45, 2.75) is 17.4 Å². The lowest BCUT2D eigenvalue weighted by molar-refractivity contribution is 0.137. The highest BCUT2D eigenvalue weighted by Gasteiger charge is 2.32. The first kappa shape index (κ1) is 26.9. The Labute approximate surface area is 227 Å². The molecule has 5 rings (SSSR count). The number of aromatic nitrogens is 3. The maximum Gasteiger partial charge on any atom is 0.345 e. The molecule has 2 aromatic heterocycles. The van der Waals surface area contributed by atoms with Crippen LogP contribution in [0.5, 0.6) is 5.88 Å². The fourth-order valence-corrected chi connectivity index (χ4v) is 7.43. The molecule has 0 saturated carbocycles. The predicted molar refractivity (Wildman–Crippen MR) is 142 cm³/mol. The Bertz CT molecular complexity index is 1620. The number of anilines is 1. The molecule has 200 valence electrons. The Kier molecular flexibility index (Phi) is 7.40. The van der Waals surface area contributed by atoms with E-state index in [2.05, 4.69) is 9.97 Å². The molecule has 3 heterocycles. The Morgan fingerprint density at radius 1 is 1.11 bits per heavy atom. The van der Waals surface area contributed by atoms with Gasteiger partial charge in [-0.25, -0.2) is 18.4 Å². The zero-order chi connectivity index (χ0) is 27.1. The second-order valence-corrected chi connectivity index (χ2v) is 12.9. The quantitative estimate of drug-likeness (QED) is 0.285. The summed E-state index contributed by atoms with van der Waals surface area (Å²) in [6.07, 6.45) is 4.43. The average Bonchev–Trinajstić information content (AvgIpc) is 3.51. The third-order valence-corrected chi connectivity index (χ3v) is 8.77. The minimum Gasteiger partial charge on any atom is -0.471 e. The van der Waals surface area contributed by atoms with E-state index in [1.54, 1.807) is 29.1 Å². The van der Waals surface area contributed by atoms with Gasteiger partial charge in [0.25, 0.3) is 10.0 Å². The van der Waals surface area contributed by atoms with Gasteiger partial charge in [-0.05, 0) is 42.5 Å². The molecule has 0 spiro atoms. The fourth-order valence-electron chi connectivity index (χ4n) is 4.02. The molecule has 0 bridgehead atoms. The van der Waals surface area contributed by atoms with Crippen LogP contribution in [0.3, 0.4) is 0 Å². The van der Waals surface area contributed by atoms with E-state index in [4.69, 9.17) is 32.7 Å². The third-order valence-electron chi connectivity index (χ3n) is 5.74. The number of sulfonamides is 1. The Morgan fingerprint density at radius 3 is 2.50 bits per heavy atom. The summed E-state index contributed by atoms with van der Waals surface area (Å²) in [7, 11) is -9.25. The summed E-state index contributed by atoms with van der Waals surface area (Å²) in [4.78, 5) is 27.8. The summed E-state index contributed by atoms with van der Waals surface area (Å²) in [5, 5.41) is 0.727. The third kappa shape index (κ3) is 5.81. The molecule has 1 fully saturated rings. The van der Waals surface area contributed by atoms with Crippen molar-refractivity contribution in [2.24, 2.45) is 0 Å². The van der Waals surface area contributed by atoms with Gasteiger partial charge in [-0.15, -0.1) is 0 Å². The molecule has 11 nitrogen and oxygen atoms in total. The zero-order valence-electron chi connectivity index (χ0n) is 19.5. The van der Waals surface area contributed by atoms with Crippen LogP contribution in [0.4, 0.5) is 5.69 Å². The van der Waals surface area contributed by atoms with Gasteiger partial charge in [-0.2, -0.15) is 0 Å². The SMILES string of the molecule is O=P(O)(O)CN(c1ccc2c(ccn2-c2cnc(O[C@H]3CCOC3)cn2)c1)S(=O)(=O)c1cc(Cl)cc(Cl)c1. The Morgan fingerprint density at radius 2 is 1.87 bits per heavy atom. The highest BCUT2D eigenvalue weighted by Crippen LogP contribution is 2.40. The van der Waals surface area contributed by atoms with E-state index in [1.807, 2.05) is 0 Å². The number of rotatable bonds is 8. The van der Waals surface area contributed by atoms with Crippen molar-refractivity contribution in [2.75, 3.05) is 23.8 Å². The first-order valence-electron chi connectivity index (χ1n) is 11.2. The van der Waals surface area contributed by atoms with Crippen LogP contribution in [-0.4, -0.2) is 58.3 Å². The number of ether oxygens (including phenoxy) is 2. The molecule has 0 unspecified atom stereocenters. The molecule has 2 aromatic carbocycles. The summed E-state index contributed by atoms with van der Waals surface area (Å²) in [5.41, 5.74) is 0.712. The molecule has 2 N–H and O–H groups in total. The lowest BCUT2D eigenvalue weighted by Crippen LogP contribution is -2.32.